The zero-order valence-corrected chi connectivity index (χ0v) is 24.1. The van der Waals surface area contributed by atoms with Crippen molar-refractivity contribution in [2.24, 2.45) is 0 Å². The van der Waals surface area contributed by atoms with Crippen LogP contribution in [0.25, 0.3) is 22.4 Å². The molecule has 0 fully saturated rings. The second-order valence-electron chi connectivity index (χ2n) is 10.7. The van der Waals surface area contributed by atoms with Crippen molar-refractivity contribution >= 4 is 5.69 Å². The monoisotopic (exact) mass is 547 g/mol. The summed E-state index contributed by atoms with van der Waals surface area (Å²) in [6, 6.07) is 45.8. The number of ether oxygens (including phenoxy) is 1. The number of pyridine rings is 2. The van der Waals surface area contributed by atoms with Gasteiger partial charge in [-0.05, 0) is 77.7 Å². The topological polar surface area (TPSA) is 38.2 Å². The predicted octanol–water partition coefficient (Wildman–Crippen LogP) is 9.02. The van der Waals surface area contributed by atoms with E-state index in [0.29, 0.717) is 0 Å². The molecule has 4 heteroatoms. The molecule has 0 aliphatic carbocycles. The SMILES string of the molecule is CN(C)c1ccnc(-c2cccc(Oc3cccc(C(C)(c4ccccn4)c4ccccc4-c4ccccc4)c3)c2)c1. The maximum Gasteiger partial charge on any atom is 0.128 e. The fourth-order valence-electron chi connectivity index (χ4n) is 5.47. The predicted molar refractivity (Wildman–Crippen MR) is 172 cm³/mol. The average molecular weight is 548 g/mol. The lowest BCUT2D eigenvalue weighted by molar-refractivity contribution is 0.480. The number of benzene rings is 4. The first kappa shape index (κ1) is 27.0. The Kier molecular flexibility index (Phi) is 7.52. The van der Waals surface area contributed by atoms with Gasteiger partial charge in [-0.3, -0.25) is 9.97 Å². The quantitative estimate of drug-likeness (QED) is 0.191. The van der Waals surface area contributed by atoms with Gasteiger partial charge in [0.25, 0.3) is 0 Å². The average Bonchev–Trinajstić information content (AvgIpc) is 3.05. The minimum Gasteiger partial charge on any atom is -0.457 e. The van der Waals surface area contributed by atoms with Crippen molar-refractivity contribution in [3.05, 3.63) is 163 Å². The normalized spacial score (nSPS) is 12.4. The minimum absolute atomic E-state index is 0.536. The third-order valence-electron chi connectivity index (χ3n) is 7.76. The van der Waals surface area contributed by atoms with E-state index in [1.807, 2.05) is 62.9 Å². The van der Waals surface area contributed by atoms with Gasteiger partial charge in [-0.15, -0.1) is 0 Å². The third kappa shape index (κ3) is 5.39. The molecule has 2 heterocycles. The van der Waals surface area contributed by atoms with Crippen LogP contribution in [0.4, 0.5) is 5.69 Å². The number of hydrogen-bond donors (Lipinski definition) is 0. The fraction of sp³-hybridized carbons (Fsp3) is 0.105. The maximum absolute atomic E-state index is 6.48. The molecular formula is C38H33N3O. The summed E-state index contributed by atoms with van der Waals surface area (Å²) in [5.41, 5.74) is 8.07. The highest BCUT2D eigenvalue weighted by molar-refractivity contribution is 5.72. The van der Waals surface area contributed by atoms with Crippen LogP contribution in [0.5, 0.6) is 11.5 Å². The molecule has 2 aromatic heterocycles. The van der Waals surface area contributed by atoms with Crippen molar-refractivity contribution in [1.82, 2.24) is 9.97 Å². The molecule has 1 unspecified atom stereocenters. The number of hydrogen-bond acceptors (Lipinski definition) is 4. The van der Waals surface area contributed by atoms with Gasteiger partial charge in [0, 0.05) is 37.7 Å². The standard InChI is InChI=1S/C38H33N3O/c1-38(37-21-9-10-23-40-37,35-20-8-7-19-34(35)28-13-5-4-6-14-28)30-16-12-18-33(26-30)42-32-17-11-15-29(25-32)36-27-31(41(2)3)22-24-39-36/h4-27H,1-3H3. The lowest BCUT2D eigenvalue weighted by atomic mass is 9.71. The third-order valence-corrected chi connectivity index (χ3v) is 7.76. The summed E-state index contributed by atoms with van der Waals surface area (Å²) < 4.78 is 6.48. The van der Waals surface area contributed by atoms with Crippen LogP contribution >= 0.6 is 0 Å². The first-order valence-electron chi connectivity index (χ1n) is 14.1. The van der Waals surface area contributed by atoms with E-state index in [1.165, 1.54) is 16.7 Å². The maximum atomic E-state index is 6.48. The Morgan fingerprint density at radius 2 is 1.31 bits per heavy atom. The Morgan fingerprint density at radius 1 is 0.595 bits per heavy atom. The first-order valence-corrected chi connectivity index (χ1v) is 14.1. The Morgan fingerprint density at radius 3 is 2.10 bits per heavy atom. The van der Waals surface area contributed by atoms with Crippen LogP contribution in [0.3, 0.4) is 0 Å². The number of nitrogens with zero attached hydrogens (tertiary/aromatic N) is 3. The summed E-state index contributed by atoms with van der Waals surface area (Å²) in [6.45, 7) is 2.25. The molecule has 42 heavy (non-hydrogen) atoms. The second kappa shape index (κ2) is 11.7. The summed E-state index contributed by atoms with van der Waals surface area (Å²) in [7, 11) is 4.06. The Labute approximate surface area is 247 Å². The molecule has 0 aliphatic heterocycles. The summed E-state index contributed by atoms with van der Waals surface area (Å²) >= 11 is 0. The van der Waals surface area contributed by atoms with Gasteiger partial charge in [0.05, 0.1) is 16.8 Å². The van der Waals surface area contributed by atoms with E-state index in [-0.39, 0.29) is 0 Å². The van der Waals surface area contributed by atoms with E-state index in [4.69, 9.17) is 9.72 Å². The van der Waals surface area contributed by atoms with Gasteiger partial charge in [-0.25, -0.2) is 0 Å². The molecule has 6 aromatic rings. The molecule has 1 atom stereocenters. The van der Waals surface area contributed by atoms with Crippen molar-refractivity contribution < 1.29 is 4.74 Å². The lowest BCUT2D eigenvalue weighted by Gasteiger charge is -2.33. The van der Waals surface area contributed by atoms with Crippen LogP contribution in [0.2, 0.25) is 0 Å². The van der Waals surface area contributed by atoms with Crippen LogP contribution in [0.15, 0.2) is 146 Å². The van der Waals surface area contributed by atoms with Crippen LogP contribution in [-0.4, -0.2) is 24.1 Å². The smallest absolute Gasteiger partial charge is 0.128 e. The van der Waals surface area contributed by atoms with Crippen LogP contribution in [0.1, 0.15) is 23.7 Å². The number of rotatable bonds is 8. The van der Waals surface area contributed by atoms with E-state index in [9.17, 15) is 0 Å². The summed E-state index contributed by atoms with van der Waals surface area (Å²) in [5.74, 6) is 1.52. The van der Waals surface area contributed by atoms with E-state index in [1.54, 1.807) is 0 Å². The van der Waals surface area contributed by atoms with Gasteiger partial charge in [0.1, 0.15) is 11.5 Å². The molecular weight excluding hydrogens is 514 g/mol. The van der Waals surface area contributed by atoms with Crippen LogP contribution < -0.4 is 9.64 Å². The van der Waals surface area contributed by atoms with Gasteiger partial charge in [-0.1, -0.05) is 84.9 Å². The first-order chi connectivity index (χ1) is 20.5. The van der Waals surface area contributed by atoms with Crippen LogP contribution in [0, 0.1) is 0 Å². The highest BCUT2D eigenvalue weighted by atomic mass is 16.5. The van der Waals surface area contributed by atoms with E-state index >= 15 is 0 Å². The van der Waals surface area contributed by atoms with Crippen molar-refractivity contribution in [1.29, 1.82) is 0 Å². The Hall–Kier alpha value is -5.22. The lowest BCUT2D eigenvalue weighted by Crippen LogP contribution is -2.27. The molecule has 0 saturated carbocycles. The molecule has 4 nitrogen and oxygen atoms in total. The molecule has 0 aliphatic rings. The van der Waals surface area contributed by atoms with E-state index in [2.05, 4.69) is 114 Å². The number of aromatic nitrogens is 2. The van der Waals surface area contributed by atoms with Gasteiger partial charge in [0.2, 0.25) is 0 Å². The van der Waals surface area contributed by atoms with Gasteiger partial charge in [0.15, 0.2) is 0 Å². The van der Waals surface area contributed by atoms with Crippen molar-refractivity contribution in [3.8, 4) is 33.9 Å². The summed E-state index contributed by atoms with van der Waals surface area (Å²) in [5, 5.41) is 0. The highest BCUT2D eigenvalue weighted by Gasteiger charge is 2.35. The molecule has 4 aromatic carbocycles. The molecule has 0 bridgehead atoms. The van der Waals surface area contributed by atoms with E-state index < -0.39 is 5.41 Å². The van der Waals surface area contributed by atoms with Crippen molar-refractivity contribution in [3.63, 3.8) is 0 Å². The van der Waals surface area contributed by atoms with Crippen molar-refractivity contribution in [2.45, 2.75) is 12.3 Å². The van der Waals surface area contributed by atoms with Crippen LogP contribution in [-0.2, 0) is 5.41 Å². The molecule has 0 N–H and O–H groups in total. The zero-order chi connectivity index (χ0) is 28.9. The van der Waals surface area contributed by atoms with Gasteiger partial charge >= 0.3 is 0 Å². The largest absolute Gasteiger partial charge is 0.457 e. The zero-order valence-electron chi connectivity index (χ0n) is 24.1. The van der Waals surface area contributed by atoms with Crippen molar-refractivity contribution in [2.75, 3.05) is 19.0 Å². The molecule has 0 radical (unpaired) electrons. The Balaban J connectivity index is 1.41. The fourth-order valence-corrected chi connectivity index (χ4v) is 5.47. The highest BCUT2D eigenvalue weighted by Crippen LogP contribution is 2.43. The number of anilines is 1. The minimum atomic E-state index is -0.536. The molecule has 206 valence electrons. The van der Waals surface area contributed by atoms with Gasteiger partial charge < -0.3 is 9.64 Å². The second-order valence-corrected chi connectivity index (χ2v) is 10.7. The van der Waals surface area contributed by atoms with Gasteiger partial charge in [-0.2, -0.15) is 0 Å². The Bertz CT molecular complexity index is 1800. The van der Waals surface area contributed by atoms with E-state index in [0.717, 1.165) is 39.7 Å². The molecule has 0 spiro atoms. The summed E-state index contributed by atoms with van der Waals surface area (Å²) in [6.07, 6.45) is 3.71. The molecule has 6 rings (SSSR count). The molecule has 0 amide bonds. The summed E-state index contributed by atoms with van der Waals surface area (Å²) in [4.78, 5) is 11.5. The molecule has 0 saturated heterocycles.